The van der Waals surface area contributed by atoms with E-state index >= 15 is 0 Å². The summed E-state index contributed by atoms with van der Waals surface area (Å²) in [6, 6.07) is 7.94. The van der Waals surface area contributed by atoms with Gasteiger partial charge in [-0.3, -0.25) is 4.79 Å². The van der Waals surface area contributed by atoms with Crippen molar-refractivity contribution in [1.29, 1.82) is 0 Å². The Morgan fingerprint density at radius 2 is 1.89 bits per heavy atom. The van der Waals surface area contributed by atoms with Crippen molar-refractivity contribution in [2.75, 3.05) is 30.4 Å². The van der Waals surface area contributed by atoms with Crippen molar-refractivity contribution >= 4 is 17.3 Å². The number of hydrogen-bond acceptors (Lipinski definition) is 3. The van der Waals surface area contributed by atoms with Crippen molar-refractivity contribution in [2.45, 2.75) is 32.3 Å². The molecule has 0 aromatic heterocycles. The predicted octanol–water partition coefficient (Wildman–Crippen LogP) is 2.65. The minimum absolute atomic E-state index is 0.123. The van der Waals surface area contributed by atoms with Crippen LogP contribution in [-0.4, -0.2) is 31.7 Å². The lowest BCUT2D eigenvalue weighted by Gasteiger charge is -2.25. The van der Waals surface area contributed by atoms with Crippen LogP contribution >= 0.6 is 0 Å². The molecular formula is C15H22N2O2. The molecule has 1 heterocycles. The minimum atomic E-state index is -0.821. The Kier molecular flexibility index (Phi) is 4.10. The molecule has 19 heavy (non-hydrogen) atoms. The highest BCUT2D eigenvalue weighted by Crippen LogP contribution is 2.29. The van der Waals surface area contributed by atoms with Crippen LogP contribution in [0.4, 0.5) is 11.4 Å². The molecule has 0 saturated carbocycles. The zero-order valence-corrected chi connectivity index (χ0v) is 11.9. The number of nitrogens with one attached hydrogen (secondary N) is 1. The van der Waals surface area contributed by atoms with Gasteiger partial charge < -0.3 is 15.0 Å². The van der Waals surface area contributed by atoms with Crippen molar-refractivity contribution in [3.63, 3.8) is 0 Å². The Hall–Kier alpha value is -1.55. The standard InChI is InChI=1S/C15H22N2O2/c1-15(2,19-3)14(18)16-12-8-4-5-9-13(12)17-10-6-7-11-17/h4-5,8-9H,6-7,10-11H2,1-3H3,(H,16,18). The van der Waals surface area contributed by atoms with E-state index in [9.17, 15) is 4.79 Å². The van der Waals surface area contributed by atoms with Crippen LogP contribution in [0.5, 0.6) is 0 Å². The molecule has 0 unspecified atom stereocenters. The third-order valence-electron chi connectivity index (χ3n) is 3.66. The van der Waals surface area contributed by atoms with E-state index in [2.05, 4.69) is 16.3 Å². The van der Waals surface area contributed by atoms with Gasteiger partial charge in [0.25, 0.3) is 5.91 Å². The first kappa shape index (κ1) is 13.9. The summed E-state index contributed by atoms with van der Waals surface area (Å²) < 4.78 is 5.21. The molecule has 1 aromatic rings. The average Bonchev–Trinajstić information content (AvgIpc) is 2.93. The number of carbonyl (C=O) groups excluding carboxylic acids is 1. The van der Waals surface area contributed by atoms with Crippen LogP contribution in [0.3, 0.4) is 0 Å². The molecule has 0 atom stereocenters. The molecule has 0 bridgehead atoms. The molecule has 1 amide bonds. The maximum Gasteiger partial charge on any atom is 0.256 e. The van der Waals surface area contributed by atoms with Gasteiger partial charge in [0.1, 0.15) is 5.60 Å². The highest BCUT2D eigenvalue weighted by atomic mass is 16.5. The second-order valence-corrected chi connectivity index (χ2v) is 5.38. The molecule has 1 aliphatic heterocycles. The molecule has 4 heteroatoms. The number of rotatable bonds is 4. The lowest BCUT2D eigenvalue weighted by molar-refractivity contribution is -0.133. The zero-order chi connectivity index (χ0) is 13.9. The van der Waals surface area contributed by atoms with E-state index < -0.39 is 5.60 Å². The number of nitrogens with zero attached hydrogens (tertiary/aromatic N) is 1. The molecule has 104 valence electrons. The van der Waals surface area contributed by atoms with Crippen molar-refractivity contribution in [3.8, 4) is 0 Å². The van der Waals surface area contributed by atoms with Crippen LogP contribution in [0, 0.1) is 0 Å². The average molecular weight is 262 g/mol. The van der Waals surface area contributed by atoms with Gasteiger partial charge in [-0.1, -0.05) is 12.1 Å². The van der Waals surface area contributed by atoms with Gasteiger partial charge in [0, 0.05) is 20.2 Å². The first-order valence-electron chi connectivity index (χ1n) is 6.75. The molecule has 1 aliphatic rings. The van der Waals surface area contributed by atoms with Crippen molar-refractivity contribution in [3.05, 3.63) is 24.3 Å². The number of methoxy groups -OCH3 is 1. The maximum atomic E-state index is 12.2. The van der Waals surface area contributed by atoms with Gasteiger partial charge in [-0.25, -0.2) is 0 Å². The van der Waals surface area contributed by atoms with Crippen LogP contribution < -0.4 is 10.2 Å². The van der Waals surface area contributed by atoms with Gasteiger partial charge in [-0.2, -0.15) is 0 Å². The number of hydrogen-bond donors (Lipinski definition) is 1. The number of carbonyl (C=O) groups is 1. The van der Waals surface area contributed by atoms with Gasteiger partial charge in [0.2, 0.25) is 0 Å². The van der Waals surface area contributed by atoms with Crippen LogP contribution in [-0.2, 0) is 9.53 Å². The molecule has 4 nitrogen and oxygen atoms in total. The van der Waals surface area contributed by atoms with E-state index in [1.165, 1.54) is 12.8 Å². The second kappa shape index (κ2) is 5.61. The summed E-state index contributed by atoms with van der Waals surface area (Å²) in [6.45, 7) is 5.64. The van der Waals surface area contributed by atoms with E-state index in [1.807, 2.05) is 18.2 Å². The van der Waals surface area contributed by atoms with Crippen molar-refractivity contribution in [1.82, 2.24) is 0 Å². The van der Waals surface area contributed by atoms with E-state index in [1.54, 1.807) is 21.0 Å². The van der Waals surface area contributed by atoms with Crippen LogP contribution in [0.25, 0.3) is 0 Å². The minimum Gasteiger partial charge on any atom is -0.370 e. The molecule has 0 aliphatic carbocycles. The normalized spacial score (nSPS) is 15.6. The largest absolute Gasteiger partial charge is 0.370 e. The third kappa shape index (κ3) is 3.07. The lowest BCUT2D eigenvalue weighted by atomic mass is 10.1. The van der Waals surface area contributed by atoms with Crippen molar-refractivity contribution < 1.29 is 9.53 Å². The highest BCUT2D eigenvalue weighted by Gasteiger charge is 2.28. The summed E-state index contributed by atoms with van der Waals surface area (Å²) in [7, 11) is 1.55. The maximum absolute atomic E-state index is 12.2. The number of amides is 1. The molecule has 2 rings (SSSR count). The predicted molar refractivity (Wildman–Crippen MR) is 77.6 cm³/mol. The fourth-order valence-corrected chi connectivity index (χ4v) is 2.18. The number of para-hydroxylation sites is 2. The van der Waals surface area contributed by atoms with Gasteiger partial charge in [0.15, 0.2) is 0 Å². The Bertz CT molecular complexity index is 451. The molecule has 1 saturated heterocycles. The van der Waals surface area contributed by atoms with Crippen LogP contribution in [0.1, 0.15) is 26.7 Å². The Labute approximate surface area is 114 Å². The zero-order valence-electron chi connectivity index (χ0n) is 11.9. The molecule has 1 N–H and O–H groups in total. The monoisotopic (exact) mass is 262 g/mol. The summed E-state index contributed by atoms with van der Waals surface area (Å²) in [5, 5.41) is 2.97. The fraction of sp³-hybridized carbons (Fsp3) is 0.533. The lowest BCUT2D eigenvalue weighted by Crippen LogP contribution is -2.39. The van der Waals surface area contributed by atoms with Crippen LogP contribution in [0.2, 0.25) is 0 Å². The highest BCUT2D eigenvalue weighted by molar-refractivity contribution is 5.99. The summed E-state index contributed by atoms with van der Waals surface area (Å²) >= 11 is 0. The topological polar surface area (TPSA) is 41.6 Å². The first-order chi connectivity index (χ1) is 9.04. The van der Waals surface area contributed by atoms with E-state index in [4.69, 9.17) is 4.74 Å². The number of ether oxygens (including phenoxy) is 1. The Morgan fingerprint density at radius 1 is 1.26 bits per heavy atom. The van der Waals surface area contributed by atoms with E-state index in [0.717, 1.165) is 24.5 Å². The molecule has 0 radical (unpaired) electrons. The Balaban J connectivity index is 2.18. The Morgan fingerprint density at radius 3 is 2.53 bits per heavy atom. The van der Waals surface area contributed by atoms with Gasteiger partial charge >= 0.3 is 0 Å². The van der Waals surface area contributed by atoms with Crippen LogP contribution in [0.15, 0.2) is 24.3 Å². The van der Waals surface area contributed by atoms with Gasteiger partial charge in [-0.05, 0) is 38.8 Å². The van der Waals surface area contributed by atoms with Gasteiger partial charge in [-0.15, -0.1) is 0 Å². The molecular weight excluding hydrogens is 240 g/mol. The molecule has 1 fully saturated rings. The fourth-order valence-electron chi connectivity index (χ4n) is 2.18. The number of anilines is 2. The summed E-state index contributed by atoms with van der Waals surface area (Å²) in [5.74, 6) is -0.123. The SMILES string of the molecule is COC(C)(C)C(=O)Nc1ccccc1N1CCCC1. The first-order valence-corrected chi connectivity index (χ1v) is 6.75. The summed E-state index contributed by atoms with van der Waals surface area (Å²) in [5.41, 5.74) is 1.14. The van der Waals surface area contributed by atoms with E-state index in [-0.39, 0.29) is 5.91 Å². The summed E-state index contributed by atoms with van der Waals surface area (Å²) in [6.07, 6.45) is 2.43. The van der Waals surface area contributed by atoms with E-state index in [0.29, 0.717) is 0 Å². The van der Waals surface area contributed by atoms with Crippen molar-refractivity contribution in [2.24, 2.45) is 0 Å². The quantitative estimate of drug-likeness (QED) is 0.907. The third-order valence-corrected chi connectivity index (χ3v) is 3.66. The smallest absolute Gasteiger partial charge is 0.256 e. The molecule has 1 aromatic carbocycles. The van der Waals surface area contributed by atoms with Gasteiger partial charge in [0.05, 0.1) is 11.4 Å². The second-order valence-electron chi connectivity index (χ2n) is 5.38. The number of benzene rings is 1. The summed E-state index contributed by atoms with van der Waals surface area (Å²) in [4.78, 5) is 14.5. The molecule has 0 spiro atoms.